The van der Waals surface area contributed by atoms with Crippen LogP contribution in [0.4, 0.5) is 5.69 Å². The third kappa shape index (κ3) is 4.06. The Labute approximate surface area is 196 Å². The SMILES string of the molecule is COc1ccc(-c2noc(-c3ccccc3NC(=O)c3ccc4ccccc4c3)n2)cc1OC. The average molecular weight is 451 g/mol. The van der Waals surface area contributed by atoms with Crippen molar-refractivity contribution in [3.05, 3.63) is 90.5 Å². The van der Waals surface area contributed by atoms with Crippen LogP contribution < -0.4 is 14.8 Å². The molecular formula is C27H21N3O4. The Morgan fingerprint density at radius 3 is 2.41 bits per heavy atom. The monoisotopic (exact) mass is 451 g/mol. The van der Waals surface area contributed by atoms with Gasteiger partial charge in [-0.3, -0.25) is 4.79 Å². The number of nitrogens with one attached hydrogen (secondary N) is 1. The van der Waals surface area contributed by atoms with Crippen molar-refractivity contribution < 1.29 is 18.8 Å². The van der Waals surface area contributed by atoms with E-state index in [0.717, 1.165) is 10.8 Å². The lowest BCUT2D eigenvalue weighted by Crippen LogP contribution is -2.12. The standard InChI is InChI=1S/C27H21N3O4/c1-32-23-14-13-19(16-24(23)33-2)25-29-27(34-30-25)21-9-5-6-10-22(21)28-26(31)20-12-11-17-7-3-4-8-18(17)15-20/h3-16H,1-2H3,(H,28,31). The number of carbonyl (C=O) groups excluding carboxylic acids is 1. The summed E-state index contributed by atoms with van der Waals surface area (Å²) in [5, 5.41) is 9.16. The number of ether oxygens (including phenoxy) is 2. The molecule has 0 spiro atoms. The molecule has 0 bridgehead atoms. The maximum Gasteiger partial charge on any atom is 0.260 e. The number of aromatic nitrogens is 2. The molecule has 0 aliphatic heterocycles. The third-order valence-electron chi connectivity index (χ3n) is 5.49. The molecule has 0 saturated heterocycles. The van der Waals surface area contributed by atoms with Gasteiger partial charge in [0.1, 0.15) is 0 Å². The first-order valence-electron chi connectivity index (χ1n) is 10.6. The van der Waals surface area contributed by atoms with Crippen molar-refractivity contribution in [2.24, 2.45) is 0 Å². The van der Waals surface area contributed by atoms with Gasteiger partial charge in [-0.15, -0.1) is 0 Å². The Hall–Kier alpha value is -4.65. The fourth-order valence-electron chi connectivity index (χ4n) is 3.73. The molecule has 0 atom stereocenters. The molecule has 0 aliphatic carbocycles. The molecule has 1 heterocycles. The van der Waals surface area contributed by atoms with E-state index < -0.39 is 0 Å². The fraction of sp³-hybridized carbons (Fsp3) is 0.0741. The lowest BCUT2D eigenvalue weighted by atomic mass is 10.1. The maximum absolute atomic E-state index is 13.0. The minimum atomic E-state index is -0.224. The number of para-hydroxylation sites is 1. The quantitative estimate of drug-likeness (QED) is 0.350. The van der Waals surface area contributed by atoms with Crippen LogP contribution in [0.25, 0.3) is 33.6 Å². The van der Waals surface area contributed by atoms with E-state index in [4.69, 9.17) is 14.0 Å². The largest absolute Gasteiger partial charge is 0.493 e. The van der Waals surface area contributed by atoms with Crippen LogP contribution in [-0.4, -0.2) is 30.3 Å². The predicted octanol–water partition coefficient (Wildman–Crippen LogP) is 5.83. The number of hydrogen-bond donors (Lipinski definition) is 1. The van der Waals surface area contributed by atoms with E-state index in [1.54, 1.807) is 32.4 Å². The number of methoxy groups -OCH3 is 2. The van der Waals surface area contributed by atoms with Crippen LogP contribution in [0.15, 0.2) is 89.5 Å². The topological polar surface area (TPSA) is 86.5 Å². The molecule has 34 heavy (non-hydrogen) atoms. The number of rotatable bonds is 6. The Bertz CT molecular complexity index is 1490. The van der Waals surface area contributed by atoms with Crippen molar-refractivity contribution in [3.8, 4) is 34.3 Å². The number of nitrogens with zero attached hydrogens (tertiary/aromatic N) is 2. The summed E-state index contributed by atoms with van der Waals surface area (Å²) in [6, 6.07) is 26.2. The second-order valence-corrected chi connectivity index (χ2v) is 7.55. The van der Waals surface area contributed by atoms with Crippen LogP contribution in [0.1, 0.15) is 10.4 Å². The molecule has 1 aromatic heterocycles. The van der Waals surface area contributed by atoms with E-state index in [0.29, 0.717) is 45.6 Å². The molecular weight excluding hydrogens is 430 g/mol. The maximum atomic E-state index is 13.0. The summed E-state index contributed by atoms with van der Waals surface area (Å²) in [5.74, 6) is 1.63. The molecule has 1 N–H and O–H groups in total. The molecule has 0 fully saturated rings. The Morgan fingerprint density at radius 2 is 1.59 bits per heavy atom. The molecule has 4 aromatic carbocycles. The van der Waals surface area contributed by atoms with Gasteiger partial charge in [-0.25, -0.2) is 0 Å². The van der Waals surface area contributed by atoms with Gasteiger partial charge in [0, 0.05) is 11.1 Å². The highest BCUT2D eigenvalue weighted by molar-refractivity contribution is 6.07. The summed E-state index contributed by atoms with van der Waals surface area (Å²) in [6.45, 7) is 0. The zero-order chi connectivity index (χ0) is 23.5. The Kier molecular flexibility index (Phi) is 5.66. The molecule has 168 valence electrons. The smallest absolute Gasteiger partial charge is 0.260 e. The number of anilines is 1. The van der Waals surface area contributed by atoms with Gasteiger partial charge in [0.15, 0.2) is 11.5 Å². The van der Waals surface area contributed by atoms with Crippen LogP contribution in [0.5, 0.6) is 11.5 Å². The van der Waals surface area contributed by atoms with Gasteiger partial charge >= 0.3 is 0 Å². The molecule has 0 aliphatic rings. The molecule has 0 saturated carbocycles. The van der Waals surface area contributed by atoms with Crippen molar-refractivity contribution in [2.45, 2.75) is 0 Å². The average Bonchev–Trinajstić information content (AvgIpc) is 3.38. The summed E-state index contributed by atoms with van der Waals surface area (Å²) in [6.07, 6.45) is 0. The van der Waals surface area contributed by atoms with E-state index in [2.05, 4.69) is 15.5 Å². The van der Waals surface area contributed by atoms with Gasteiger partial charge in [-0.1, -0.05) is 47.6 Å². The highest BCUT2D eigenvalue weighted by atomic mass is 16.5. The number of carbonyl (C=O) groups is 1. The van der Waals surface area contributed by atoms with Crippen LogP contribution in [0.2, 0.25) is 0 Å². The molecule has 7 heteroatoms. The highest BCUT2D eigenvalue weighted by Crippen LogP contribution is 2.33. The molecule has 5 rings (SSSR count). The van der Waals surface area contributed by atoms with Gasteiger partial charge in [-0.2, -0.15) is 4.98 Å². The normalized spacial score (nSPS) is 10.8. The number of fused-ring (bicyclic) bond motifs is 1. The van der Waals surface area contributed by atoms with Crippen LogP contribution in [0, 0.1) is 0 Å². The fourth-order valence-corrected chi connectivity index (χ4v) is 3.73. The van der Waals surface area contributed by atoms with Gasteiger partial charge < -0.3 is 19.3 Å². The Balaban J connectivity index is 1.43. The first kappa shape index (κ1) is 21.2. The van der Waals surface area contributed by atoms with Gasteiger partial charge in [-0.05, 0) is 53.2 Å². The third-order valence-corrected chi connectivity index (χ3v) is 5.49. The second-order valence-electron chi connectivity index (χ2n) is 7.55. The summed E-state index contributed by atoms with van der Waals surface area (Å²) >= 11 is 0. The number of amides is 1. The van der Waals surface area contributed by atoms with Gasteiger partial charge in [0.2, 0.25) is 5.82 Å². The van der Waals surface area contributed by atoms with E-state index in [-0.39, 0.29) is 5.91 Å². The van der Waals surface area contributed by atoms with Crippen LogP contribution in [0.3, 0.4) is 0 Å². The number of hydrogen-bond acceptors (Lipinski definition) is 6. The van der Waals surface area contributed by atoms with Crippen molar-refractivity contribution in [2.75, 3.05) is 19.5 Å². The first-order valence-corrected chi connectivity index (χ1v) is 10.6. The first-order chi connectivity index (χ1) is 16.7. The zero-order valence-electron chi connectivity index (χ0n) is 18.6. The van der Waals surface area contributed by atoms with Gasteiger partial charge in [0.05, 0.1) is 25.5 Å². The summed E-state index contributed by atoms with van der Waals surface area (Å²) in [7, 11) is 3.14. The molecule has 0 unspecified atom stereocenters. The van der Waals surface area contributed by atoms with E-state index >= 15 is 0 Å². The lowest BCUT2D eigenvalue weighted by molar-refractivity contribution is 0.102. The summed E-state index contributed by atoms with van der Waals surface area (Å²) in [5.41, 5.74) is 2.47. The van der Waals surface area contributed by atoms with Crippen molar-refractivity contribution in [1.29, 1.82) is 0 Å². The molecule has 7 nitrogen and oxygen atoms in total. The lowest BCUT2D eigenvalue weighted by Gasteiger charge is -2.09. The van der Waals surface area contributed by atoms with Gasteiger partial charge in [0.25, 0.3) is 11.8 Å². The van der Waals surface area contributed by atoms with E-state index in [9.17, 15) is 4.79 Å². The van der Waals surface area contributed by atoms with Crippen molar-refractivity contribution >= 4 is 22.4 Å². The van der Waals surface area contributed by atoms with Crippen LogP contribution >= 0.6 is 0 Å². The molecule has 1 amide bonds. The summed E-state index contributed by atoms with van der Waals surface area (Å²) in [4.78, 5) is 17.5. The zero-order valence-corrected chi connectivity index (χ0v) is 18.6. The minimum absolute atomic E-state index is 0.224. The second kappa shape index (κ2) is 9.07. The molecule has 5 aromatic rings. The Morgan fingerprint density at radius 1 is 0.824 bits per heavy atom. The number of benzene rings is 4. The molecule has 0 radical (unpaired) electrons. The highest BCUT2D eigenvalue weighted by Gasteiger charge is 2.17. The van der Waals surface area contributed by atoms with E-state index in [1.807, 2.05) is 66.7 Å². The predicted molar refractivity (Wildman–Crippen MR) is 130 cm³/mol. The van der Waals surface area contributed by atoms with Crippen LogP contribution in [-0.2, 0) is 0 Å². The van der Waals surface area contributed by atoms with Crippen molar-refractivity contribution in [1.82, 2.24) is 10.1 Å². The van der Waals surface area contributed by atoms with E-state index in [1.165, 1.54) is 0 Å². The minimum Gasteiger partial charge on any atom is -0.493 e. The van der Waals surface area contributed by atoms with Crippen molar-refractivity contribution in [3.63, 3.8) is 0 Å². The summed E-state index contributed by atoms with van der Waals surface area (Å²) < 4.78 is 16.2.